The Labute approximate surface area is 151 Å². The standard InChI is InChI=1S/C16H15ClF3N3O3/c1-2-22(8-7-13(24)25)15(26)12-9-21-23(14(12)16(18,19)20)11-5-3-10(17)4-6-11/h3-6,9H,2,7-8H2,1H3,(H,24,25). The molecule has 0 radical (unpaired) electrons. The molecule has 1 heterocycles. The number of aliphatic carboxylic acids is 1. The SMILES string of the molecule is CCN(CCC(=O)O)C(=O)c1cnn(-c2ccc(Cl)cc2)c1C(F)(F)F. The zero-order chi connectivity index (χ0) is 19.5. The predicted molar refractivity (Wildman–Crippen MR) is 87.4 cm³/mol. The van der Waals surface area contributed by atoms with Gasteiger partial charge >= 0.3 is 12.1 Å². The average molecular weight is 390 g/mol. The lowest BCUT2D eigenvalue weighted by Gasteiger charge is -2.20. The van der Waals surface area contributed by atoms with Crippen molar-refractivity contribution < 1.29 is 27.9 Å². The highest BCUT2D eigenvalue weighted by molar-refractivity contribution is 6.30. The summed E-state index contributed by atoms with van der Waals surface area (Å²) >= 11 is 5.74. The second-order valence-electron chi connectivity index (χ2n) is 5.32. The van der Waals surface area contributed by atoms with Crippen LogP contribution in [0.4, 0.5) is 13.2 Å². The van der Waals surface area contributed by atoms with Crippen LogP contribution in [0.2, 0.25) is 5.02 Å². The molecule has 10 heteroatoms. The van der Waals surface area contributed by atoms with E-state index in [2.05, 4.69) is 5.10 Å². The van der Waals surface area contributed by atoms with Crippen molar-refractivity contribution in [1.82, 2.24) is 14.7 Å². The van der Waals surface area contributed by atoms with Crippen LogP contribution in [-0.4, -0.2) is 44.8 Å². The van der Waals surface area contributed by atoms with Crippen molar-refractivity contribution in [2.75, 3.05) is 13.1 Å². The topological polar surface area (TPSA) is 75.4 Å². The molecule has 0 unspecified atom stereocenters. The highest BCUT2D eigenvalue weighted by Crippen LogP contribution is 2.34. The number of halogens is 4. The van der Waals surface area contributed by atoms with Crippen molar-refractivity contribution in [3.05, 3.63) is 46.7 Å². The lowest BCUT2D eigenvalue weighted by atomic mass is 10.2. The van der Waals surface area contributed by atoms with Gasteiger partial charge in [0, 0.05) is 18.1 Å². The van der Waals surface area contributed by atoms with Gasteiger partial charge in [0.25, 0.3) is 5.91 Å². The van der Waals surface area contributed by atoms with E-state index in [1.54, 1.807) is 6.92 Å². The second-order valence-corrected chi connectivity index (χ2v) is 5.76. The summed E-state index contributed by atoms with van der Waals surface area (Å²) in [6, 6.07) is 5.51. The van der Waals surface area contributed by atoms with Gasteiger partial charge in [0.15, 0.2) is 5.69 Å². The molecule has 0 bridgehead atoms. The van der Waals surface area contributed by atoms with Gasteiger partial charge in [0.05, 0.1) is 23.9 Å². The number of carbonyl (C=O) groups is 2. The molecule has 1 aromatic carbocycles. The van der Waals surface area contributed by atoms with Crippen molar-refractivity contribution in [3.63, 3.8) is 0 Å². The Morgan fingerprint density at radius 2 is 1.88 bits per heavy atom. The minimum atomic E-state index is -4.84. The average Bonchev–Trinajstić information content (AvgIpc) is 3.01. The third-order valence-corrected chi connectivity index (χ3v) is 3.86. The van der Waals surface area contributed by atoms with E-state index in [1.807, 2.05) is 0 Å². The van der Waals surface area contributed by atoms with Crippen LogP contribution in [-0.2, 0) is 11.0 Å². The molecule has 26 heavy (non-hydrogen) atoms. The van der Waals surface area contributed by atoms with E-state index in [9.17, 15) is 22.8 Å². The lowest BCUT2D eigenvalue weighted by Crippen LogP contribution is -2.34. The van der Waals surface area contributed by atoms with Crippen LogP contribution in [0.5, 0.6) is 0 Å². The molecular formula is C16H15ClF3N3O3. The molecule has 0 aliphatic carbocycles. The van der Waals surface area contributed by atoms with Crippen LogP contribution in [0.25, 0.3) is 5.69 Å². The van der Waals surface area contributed by atoms with Crippen LogP contribution in [0.1, 0.15) is 29.4 Å². The van der Waals surface area contributed by atoms with Crippen molar-refractivity contribution in [2.45, 2.75) is 19.5 Å². The number of carboxylic acid groups (broad SMARTS) is 1. The van der Waals surface area contributed by atoms with Gasteiger partial charge in [-0.15, -0.1) is 0 Å². The van der Waals surface area contributed by atoms with Gasteiger partial charge in [-0.25, -0.2) is 4.68 Å². The summed E-state index contributed by atoms with van der Waals surface area (Å²) in [4.78, 5) is 24.2. The van der Waals surface area contributed by atoms with Crippen molar-refractivity contribution in [1.29, 1.82) is 0 Å². The van der Waals surface area contributed by atoms with E-state index in [0.717, 1.165) is 11.1 Å². The monoisotopic (exact) mass is 389 g/mol. The highest BCUT2D eigenvalue weighted by Gasteiger charge is 2.41. The molecule has 2 rings (SSSR count). The van der Waals surface area contributed by atoms with Gasteiger partial charge in [0.2, 0.25) is 0 Å². The van der Waals surface area contributed by atoms with E-state index in [1.165, 1.54) is 24.3 Å². The summed E-state index contributed by atoms with van der Waals surface area (Å²) in [7, 11) is 0. The molecule has 0 fully saturated rings. The summed E-state index contributed by atoms with van der Waals surface area (Å²) in [6.45, 7) is 1.42. The van der Waals surface area contributed by atoms with Crippen LogP contribution in [0.15, 0.2) is 30.5 Å². The van der Waals surface area contributed by atoms with E-state index in [0.29, 0.717) is 9.70 Å². The molecule has 0 spiro atoms. The zero-order valence-electron chi connectivity index (χ0n) is 13.6. The molecule has 2 aromatic rings. The van der Waals surface area contributed by atoms with Gasteiger partial charge in [-0.1, -0.05) is 11.6 Å². The van der Waals surface area contributed by atoms with Crippen molar-refractivity contribution in [2.24, 2.45) is 0 Å². The first-order valence-corrected chi connectivity index (χ1v) is 7.95. The molecule has 1 N–H and O–H groups in total. The maximum Gasteiger partial charge on any atom is 0.434 e. The minimum Gasteiger partial charge on any atom is -0.481 e. The minimum absolute atomic E-state index is 0.0650. The number of aromatic nitrogens is 2. The number of carbonyl (C=O) groups excluding carboxylic acids is 1. The first kappa shape index (κ1) is 19.8. The predicted octanol–water partition coefficient (Wildman–Crippen LogP) is 3.48. The van der Waals surface area contributed by atoms with Crippen molar-refractivity contribution in [3.8, 4) is 5.69 Å². The fourth-order valence-electron chi connectivity index (χ4n) is 2.36. The molecule has 1 aromatic heterocycles. The largest absolute Gasteiger partial charge is 0.481 e. The third-order valence-electron chi connectivity index (χ3n) is 3.60. The Kier molecular flexibility index (Phi) is 5.91. The number of rotatable bonds is 6. The molecule has 140 valence electrons. The summed E-state index contributed by atoms with van der Waals surface area (Å²) in [5.41, 5.74) is -1.77. The first-order valence-electron chi connectivity index (χ1n) is 7.57. The number of nitrogens with zero attached hydrogens (tertiary/aromatic N) is 3. The van der Waals surface area contributed by atoms with Crippen LogP contribution in [0.3, 0.4) is 0 Å². The molecule has 0 aliphatic rings. The molecule has 6 nitrogen and oxygen atoms in total. The maximum atomic E-state index is 13.6. The van der Waals surface area contributed by atoms with Gasteiger partial charge in [-0.3, -0.25) is 9.59 Å². The van der Waals surface area contributed by atoms with E-state index < -0.39 is 29.3 Å². The Hall–Kier alpha value is -2.55. The molecule has 0 saturated carbocycles. The third kappa shape index (κ3) is 4.34. The van der Waals surface area contributed by atoms with Crippen molar-refractivity contribution >= 4 is 23.5 Å². The highest BCUT2D eigenvalue weighted by atomic mass is 35.5. The van der Waals surface area contributed by atoms with Crippen LogP contribution < -0.4 is 0 Å². The Bertz CT molecular complexity index is 803. The van der Waals surface area contributed by atoms with E-state index in [4.69, 9.17) is 16.7 Å². The normalized spacial score (nSPS) is 11.4. The number of hydrogen-bond donors (Lipinski definition) is 1. The van der Waals surface area contributed by atoms with Crippen LogP contribution in [0, 0.1) is 0 Å². The number of alkyl halides is 3. The second kappa shape index (κ2) is 7.77. The van der Waals surface area contributed by atoms with Crippen LogP contribution >= 0.6 is 11.6 Å². The smallest absolute Gasteiger partial charge is 0.434 e. The Balaban J connectivity index is 2.47. The summed E-state index contributed by atoms with van der Waals surface area (Å²) in [5, 5.41) is 12.8. The van der Waals surface area contributed by atoms with Gasteiger partial charge < -0.3 is 10.0 Å². The summed E-state index contributed by atoms with van der Waals surface area (Å²) < 4.78 is 41.4. The first-order chi connectivity index (χ1) is 12.1. The molecule has 0 atom stereocenters. The van der Waals surface area contributed by atoms with Gasteiger partial charge in [0.1, 0.15) is 0 Å². The molecule has 0 saturated heterocycles. The number of amides is 1. The van der Waals surface area contributed by atoms with E-state index in [-0.39, 0.29) is 25.2 Å². The summed E-state index contributed by atoms with van der Waals surface area (Å²) in [6.07, 6.45) is -4.37. The van der Waals surface area contributed by atoms with Gasteiger partial charge in [-0.2, -0.15) is 18.3 Å². The molecular weight excluding hydrogens is 375 g/mol. The Morgan fingerprint density at radius 3 is 2.38 bits per heavy atom. The number of benzene rings is 1. The fourth-order valence-corrected chi connectivity index (χ4v) is 2.49. The van der Waals surface area contributed by atoms with E-state index >= 15 is 0 Å². The number of carboxylic acids is 1. The zero-order valence-corrected chi connectivity index (χ0v) is 14.4. The molecule has 0 aliphatic heterocycles. The molecule has 1 amide bonds. The maximum absolute atomic E-state index is 13.6. The quantitative estimate of drug-likeness (QED) is 0.820. The lowest BCUT2D eigenvalue weighted by molar-refractivity contribution is -0.143. The fraction of sp³-hybridized carbons (Fsp3) is 0.312. The number of hydrogen-bond acceptors (Lipinski definition) is 3. The summed E-state index contributed by atoms with van der Waals surface area (Å²) in [5.74, 6) is -2.08. The van der Waals surface area contributed by atoms with Gasteiger partial charge in [-0.05, 0) is 31.2 Å². The Morgan fingerprint density at radius 1 is 1.27 bits per heavy atom.